The molecular formula is C11H17NO4. The lowest BCUT2D eigenvalue weighted by atomic mass is 10.0. The number of likely N-dealkylation sites (tertiary alicyclic amines) is 1. The van der Waals surface area contributed by atoms with Crippen LogP contribution in [0.25, 0.3) is 0 Å². The third kappa shape index (κ3) is 1.91. The molecule has 2 unspecified atom stereocenters. The van der Waals surface area contributed by atoms with Crippen molar-refractivity contribution in [2.75, 3.05) is 13.2 Å². The maximum atomic E-state index is 12.0. The molecule has 0 aromatic rings. The summed E-state index contributed by atoms with van der Waals surface area (Å²) in [5.74, 6) is -1.02. The van der Waals surface area contributed by atoms with E-state index in [1.54, 1.807) is 0 Å². The number of nitrogens with zero attached hydrogens (tertiary/aromatic N) is 1. The van der Waals surface area contributed by atoms with E-state index >= 15 is 0 Å². The standard InChI is InChI=1S/C11H17NO4/c1-7-4-5-12(9(7)11(14)15)10(13)8-3-2-6-16-8/h7-9H,2-6H2,1H3,(H,14,15)/t7?,8-,9?/m0/s1. The smallest absolute Gasteiger partial charge is 0.326 e. The quantitative estimate of drug-likeness (QED) is 0.745. The molecule has 2 heterocycles. The Balaban J connectivity index is 2.07. The van der Waals surface area contributed by atoms with E-state index in [4.69, 9.17) is 9.84 Å². The zero-order chi connectivity index (χ0) is 11.7. The van der Waals surface area contributed by atoms with Crippen molar-refractivity contribution in [2.45, 2.75) is 38.3 Å². The first-order valence-corrected chi connectivity index (χ1v) is 5.76. The van der Waals surface area contributed by atoms with E-state index < -0.39 is 18.1 Å². The summed E-state index contributed by atoms with van der Waals surface area (Å²) in [6.45, 7) is 3.02. The molecule has 5 nitrogen and oxygen atoms in total. The van der Waals surface area contributed by atoms with E-state index in [2.05, 4.69) is 0 Å². The first-order chi connectivity index (χ1) is 7.61. The van der Waals surface area contributed by atoms with Gasteiger partial charge in [0.1, 0.15) is 12.1 Å². The summed E-state index contributed by atoms with van der Waals surface area (Å²) in [6.07, 6.45) is 1.95. The summed E-state index contributed by atoms with van der Waals surface area (Å²) in [4.78, 5) is 24.6. The molecule has 0 aromatic heterocycles. The van der Waals surface area contributed by atoms with E-state index in [1.165, 1.54) is 4.90 Å². The van der Waals surface area contributed by atoms with Gasteiger partial charge in [-0.15, -0.1) is 0 Å². The SMILES string of the molecule is CC1CCN(C(=O)[C@@H]2CCCO2)C1C(=O)O. The first-order valence-electron chi connectivity index (χ1n) is 5.76. The first kappa shape index (κ1) is 11.4. The van der Waals surface area contributed by atoms with Crippen LogP contribution in [0.2, 0.25) is 0 Å². The highest BCUT2D eigenvalue weighted by atomic mass is 16.5. The lowest BCUT2D eigenvalue weighted by molar-refractivity contribution is -0.153. The van der Waals surface area contributed by atoms with Crippen molar-refractivity contribution < 1.29 is 19.4 Å². The highest BCUT2D eigenvalue weighted by Gasteiger charge is 2.42. The summed E-state index contributed by atoms with van der Waals surface area (Å²) < 4.78 is 5.31. The Bertz CT molecular complexity index is 298. The molecule has 0 spiro atoms. The predicted molar refractivity (Wildman–Crippen MR) is 55.9 cm³/mol. The number of amides is 1. The van der Waals surface area contributed by atoms with Gasteiger partial charge in [-0.3, -0.25) is 4.79 Å². The van der Waals surface area contributed by atoms with Crippen LogP contribution in [0, 0.1) is 5.92 Å². The predicted octanol–water partition coefficient (Wildman–Crippen LogP) is 0.487. The normalized spacial score (nSPS) is 34.3. The average molecular weight is 227 g/mol. The average Bonchev–Trinajstić information content (AvgIpc) is 2.84. The fourth-order valence-corrected chi connectivity index (χ4v) is 2.53. The van der Waals surface area contributed by atoms with Crippen molar-refractivity contribution in [3.8, 4) is 0 Å². The zero-order valence-electron chi connectivity index (χ0n) is 9.39. The molecular weight excluding hydrogens is 210 g/mol. The summed E-state index contributed by atoms with van der Waals surface area (Å²) in [7, 11) is 0. The van der Waals surface area contributed by atoms with Gasteiger partial charge in [0, 0.05) is 13.2 Å². The van der Waals surface area contributed by atoms with E-state index in [-0.39, 0.29) is 11.8 Å². The molecule has 2 fully saturated rings. The molecule has 0 saturated carbocycles. The number of ether oxygens (including phenoxy) is 1. The van der Waals surface area contributed by atoms with Gasteiger partial charge in [-0.25, -0.2) is 4.79 Å². The zero-order valence-corrected chi connectivity index (χ0v) is 9.39. The second-order valence-electron chi connectivity index (χ2n) is 4.58. The monoisotopic (exact) mass is 227 g/mol. The van der Waals surface area contributed by atoms with Gasteiger partial charge < -0.3 is 14.7 Å². The van der Waals surface area contributed by atoms with Crippen LogP contribution in [0.15, 0.2) is 0 Å². The molecule has 2 saturated heterocycles. The Labute approximate surface area is 94.4 Å². The molecule has 1 amide bonds. The number of carboxylic acid groups (broad SMARTS) is 1. The highest BCUT2D eigenvalue weighted by Crippen LogP contribution is 2.27. The van der Waals surface area contributed by atoms with Gasteiger partial charge in [-0.05, 0) is 25.2 Å². The summed E-state index contributed by atoms with van der Waals surface area (Å²) in [5, 5.41) is 9.11. The highest BCUT2D eigenvalue weighted by molar-refractivity contribution is 5.87. The molecule has 0 aromatic carbocycles. The van der Waals surface area contributed by atoms with Crippen LogP contribution < -0.4 is 0 Å². The van der Waals surface area contributed by atoms with Crippen LogP contribution in [0.4, 0.5) is 0 Å². The minimum Gasteiger partial charge on any atom is -0.480 e. The van der Waals surface area contributed by atoms with E-state index in [0.717, 1.165) is 19.3 Å². The number of carbonyl (C=O) groups is 2. The van der Waals surface area contributed by atoms with Crippen molar-refractivity contribution in [3.05, 3.63) is 0 Å². The molecule has 2 rings (SSSR count). The summed E-state index contributed by atoms with van der Waals surface area (Å²) in [5.41, 5.74) is 0. The van der Waals surface area contributed by atoms with Crippen molar-refractivity contribution >= 4 is 11.9 Å². The lowest BCUT2D eigenvalue weighted by Gasteiger charge is -2.25. The minimum atomic E-state index is -0.906. The number of hydrogen-bond acceptors (Lipinski definition) is 3. The van der Waals surface area contributed by atoms with Crippen LogP contribution in [-0.4, -0.2) is 47.2 Å². The van der Waals surface area contributed by atoms with Gasteiger partial charge >= 0.3 is 5.97 Å². The van der Waals surface area contributed by atoms with Crippen molar-refractivity contribution in [1.82, 2.24) is 4.90 Å². The maximum Gasteiger partial charge on any atom is 0.326 e. The Morgan fingerprint density at radius 3 is 2.69 bits per heavy atom. The van der Waals surface area contributed by atoms with Crippen LogP contribution in [0.3, 0.4) is 0 Å². The maximum absolute atomic E-state index is 12.0. The Morgan fingerprint density at radius 2 is 2.12 bits per heavy atom. The molecule has 0 radical (unpaired) electrons. The molecule has 90 valence electrons. The largest absolute Gasteiger partial charge is 0.480 e. The second kappa shape index (κ2) is 4.41. The number of rotatable bonds is 2. The molecule has 1 N–H and O–H groups in total. The van der Waals surface area contributed by atoms with Crippen LogP contribution >= 0.6 is 0 Å². The van der Waals surface area contributed by atoms with Crippen molar-refractivity contribution in [1.29, 1.82) is 0 Å². The van der Waals surface area contributed by atoms with Crippen molar-refractivity contribution in [2.24, 2.45) is 5.92 Å². The van der Waals surface area contributed by atoms with Gasteiger partial charge in [0.2, 0.25) is 0 Å². The minimum absolute atomic E-state index is 0.0304. The van der Waals surface area contributed by atoms with Gasteiger partial charge in [-0.1, -0.05) is 6.92 Å². The third-order valence-corrected chi connectivity index (χ3v) is 3.44. The van der Waals surface area contributed by atoms with Crippen LogP contribution in [-0.2, 0) is 14.3 Å². The number of carboxylic acids is 1. The second-order valence-corrected chi connectivity index (χ2v) is 4.58. The molecule has 2 aliphatic heterocycles. The summed E-state index contributed by atoms with van der Waals surface area (Å²) in [6, 6.07) is -0.670. The van der Waals surface area contributed by atoms with E-state index in [9.17, 15) is 9.59 Å². The third-order valence-electron chi connectivity index (χ3n) is 3.44. The number of carbonyl (C=O) groups excluding carboxylic acids is 1. The summed E-state index contributed by atoms with van der Waals surface area (Å²) >= 11 is 0. The Kier molecular flexibility index (Phi) is 3.14. The van der Waals surface area contributed by atoms with Gasteiger partial charge in [0.15, 0.2) is 0 Å². The molecule has 16 heavy (non-hydrogen) atoms. The Morgan fingerprint density at radius 1 is 1.38 bits per heavy atom. The van der Waals surface area contributed by atoms with Gasteiger partial charge in [0.25, 0.3) is 5.91 Å². The van der Waals surface area contributed by atoms with Gasteiger partial charge in [-0.2, -0.15) is 0 Å². The number of hydrogen-bond donors (Lipinski definition) is 1. The lowest BCUT2D eigenvalue weighted by Crippen LogP contribution is -2.46. The van der Waals surface area contributed by atoms with Crippen LogP contribution in [0.5, 0.6) is 0 Å². The molecule has 5 heteroatoms. The van der Waals surface area contributed by atoms with E-state index in [0.29, 0.717) is 13.2 Å². The fourth-order valence-electron chi connectivity index (χ4n) is 2.53. The molecule has 0 bridgehead atoms. The fraction of sp³-hybridized carbons (Fsp3) is 0.818. The topological polar surface area (TPSA) is 66.8 Å². The molecule has 3 atom stereocenters. The van der Waals surface area contributed by atoms with Crippen molar-refractivity contribution in [3.63, 3.8) is 0 Å². The molecule has 0 aliphatic carbocycles. The van der Waals surface area contributed by atoms with Crippen LogP contribution in [0.1, 0.15) is 26.2 Å². The Hall–Kier alpha value is -1.10. The van der Waals surface area contributed by atoms with Gasteiger partial charge in [0.05, 0.1) is 0 Å². The number of aliphatic carboxylic acids is 1. The molecule has 2 aliphatic rings. The van der Waals surface area contributed by atoms with E-state index in [1.807, 2.05) is 6.92 Å².